The van der Waals surface area contributed by atoms with Gasteiger partial charge in [0.25, 0.3) is 0 Å². The van der Waals surface area contributed by atoms with Crippen molar-refractivity contribution in [3.63, 3.8) is 0 Å². The topological polar surface area (TPSA) is 14.2 Å². The van der Waals surface area contributed by atoms with Crippen LogP contribution in [0.5, 0.6) is 5.75 Å². The lowest BCUT2D eigenvalue weighted by molar-refractivity contribution is -0.137. The van der Waals surface area contributed by atoms with Crippen molar-refractivity contribution in [1.82, 2.24) is 4.57 Å². The van der Waals surface area contributed by atoms with Crippen LogP contribution in [0.2, 0.25) is 0 Å². The van der Waals surface area contributed by atoms with Crippen LogP contribution < -0.4 is 4.74 Å². The minimum Gasteiger partial charge on any atom is -0.497 e. The minimum absolute atomic E-state index is 0.540. The monoisotopic (exact) mass is 445 g/mol. The number of halogens is 3. The molecule has 0 saturated carbocycles. The molecule has 4 aromatic carbocycles. The van der Waals surface area contributed by atoms with Crippen molar-refractivity contribution in [3.05, 3.63) is 95.6 Å². The number of fused-ring (bicyclic) bond motifs is 3. The standard InChI is InChI=1S/C28H22F3NO/c1-17-9-11-25-23(13-17)24-16-21(33-3)10-12-26(24)32(25)27-18(2)14-20(28(29,30)31)15-22(27)19-7-5-4-6-8-19/h4-16H,1-3H3. The van der Waals surface area contributed by atoms with Gasteiger partial charge in [0.05, 0.1) is 29.4 Å². The third kappa shape index (κ3) is 3.54. The number of hydrogen-bond acceptors (Lipinski definition) is 1. The van der Waals surface area contributed by atoms with Crippen LogP contribution in [-0.4, -0.2) is 11.7 Å². The molecule has 0 aliphatic rings. The lowest BCUT2D eigenvalue weighted by atomic mass is 9.96. The summed E-state index contributed by atoms with van der Waals surface area (Å²) in [5.41, 5.74) is 4.87. The molecule has 0 amide bonds. The maximum absolute atomic E-state index is 13.8. The molecule has 5 rings (SSSR count). The molecule has 0 spiro atoms. The van der Waals surface area contributed by atoms with Gasteiger partial charge in [0.15, 0.2) is 0 Å². The number of alkyl halides is 3. The average Bonchev–Trinajstić information content (AvgIpc) is 3.11. The Morgan fingerprint density at radius 2 is 1.42 bits per heavy atom. The first-order chi connectivity index (χ1) is 15.8. The highest BCUT2D eigenvalue weighted by Gasteiger charge is 2.32. The fraction of sp³-hybridized carbons (Fsp3) is 0.143. The van der Waals surface area contributed by atoms with Crippen LogP contribution in [0, 0.1) is 13.8 Å². The van der Waals surface area contributed by atoms with Crippen LogP contribution in [-0.2, 0) is 6.18 Å². The van der Waals surface area contributed by atoms with Gasteiger partial charge < -0.3 is 9.30 Å². The van der Waals surface area contributed by atoms with Gasteiger partial charge in [-0.1, -0.05) is 42.0 Å². The summed E-state index contributed by atoms with van der Waals surface area (Å²) in [5.74, 6) is 0.732. The van der Waals surface area contributed by atoms with Gasteiger partial charge in [-0.2, -0.15) is 13.2 Å². The van der Waals surface area contributed by atoms with E-state index >= 15 is 0 Å². The number of ether oxygens (including phenoxy) is 1. The molecule has 166 valence electrons. The van der Waals surface area contributed by atoms with Gasteiger partial charge in [0, 0.05) is 16.3 Å². The van der Waals surface area contributed by atoms with Gasteiger partial charge in [-0.05, 0) is 67.4 Å². The minimum atomic E-state index is -4.43. The van der Waals surface area contributed by atoms with Crippen LogP contribution in [0.15, 0.2) is 78.9 Å². The number of hydrogen-bond donors (Lipinski definition) is 0. The number of rotatable bonds is 3. The van der Waals surface area contributed by atoms with E-state index in [1.165, 1.54) is 12.1 Å². The summed E-state index contributed by atoms with van der Waals surface area (Å²) in [6.45, 7) is 3.77. The zero-order chi connectivity index (χ0) is 23.3. The molecule has 0 unspecified atom stereocenters. The van der Waals surface area contributed by atoms with Gasteiger partial charge in [-0.25, -0.2) is 0 Å². The van der Waals surface area contributed by atoms with Crippen LogP contribution in [0.4, 0.5) is 13.2 Å². The van der Waals surface area contributed by atoms with E-state index in [0.29, 0.717) is 11.1 Å². The Hall–Kier alpha value is -3.73. The van der Waals surface area contributed by atoms with Crippen molar-refractivity contribution in [2.45, 2.75) is 20.0 Å². The zero-order valence-corrected chi connectivity index (χ0v) is 18.5. The second kappa shape index (κ2) is 7.69. The van der Waals surface area contributed by atoms with Gasteiger partial charge in [-0.3, -0.25) is 0 Å². The Kier molecular flexibility index (Phi) is 4.93. The molecule has 5 aromatic rings. The molecule has 0 fully saturated rings. The predicted molar refractivity (Wildman–Crippen MR) is 127 cm³/mol. The normalized spacial score (nSPS) is 11.9. The zero-order valence-electron chi connectivity index (χ0n) is 18.5. The third-order valence-electron chi connectivity index (χ3n) is 6.06. The predicted octanol–water partition coefficient (Wildman–Crippen LogP) is 8.09. The first kappa shape index (κ1) is 21.1. The number of aryl methyl sites for hydroxylation is 2. The molecule has 1 aromatic heterocycles. The van der Waals surface area contributed by atoms with Crippen LogP contribution in [0.25, 0.3) is 38.6 Å². The van der Waals surface area contributed by atoms with Crippen LogP contribution in [0.1, 0.15) is 16.7 Å². The summed E-state index contributed by atoms with van der Waals surface area (Å²) in [6.07, 6.45) is -4.43. The molecule has 2 nitrogen and oxygen atoms in total. The average molecular weight is 445 g/mol. The van der Waals surface area contributed by atoms with E-state index in [1.807, 2.05) is 67.6 Å². The number of benzene rings is 4. The van der Waals surface area contributed by atoms with Crippen molar-refractivity contribution in [2.24, 2.45) is 0 Å². The summed E-state index contributed by atoms with van der Waals surface area (Å²) in [5, 5.41) is 2.02. The van der Waals surface area contributed by atoms with Crippen LogP contribution >= 0.6 is 0 Å². The SMILES string of the molecule is COc1ccc2c(c1)c1cc(C)ccc1n2-c1c(C)cc(C(F)(F)F)cc1-c1ccccc1. The fourth-order valence-electron chi connectivity index (χ4n) is 4.56. The summed E-state index contributed by atoms with van der Waals surface area (Å²) in [4.78, 5) is 0. The van der Waals surface area contributed by atoms with Crippen LogP contribution in [0.3, 0.4) is 0 Å². The lowest BCUT2D eigenvalue weighted by Crippen LogP contribution is -2.08. The number of methoxy groups -OCH3 is 1. The van der Waals surface area contributed by atoms with E-state index in [9.17, 15) is 13.2 Å². The second-order valence-electron chi connectivity index (χ2n) is 8.29. The molecule has 0 N–H and O–H groups in total. The summed E-state index contributed by atoms with van der Waals surface area (Å²) in [7, 11) is 1.62. The molecule has 0 saturated heterocycles. The van der Waals surface area contributed by atoms with Crippen molar-refractivity contribution in [3.8, 4) is 22.6 Å². The molecule has 0 radical (unpaired) electrons. The third-order valence-corrected chi connectivity index (χ3v) is 6.06. The van der Waals surface area contributed by atoms with Gasteiger partial charge in [0.1, 0.15) is 5.75 Å². The second-order valence-corrected chi connectivity index (χ2v) is 8.29. The molecular weight excluding hydrogens is 423 g/mol. The Morgan fingerprint density at radius 1 is 0.758 bits per heavy atom. The first-order valence-electron chi connectivity index (χ1n) is 10.6. The first-order valence-corrected chi connectivity index (χ1v) is 10.6. The highest BCUT2D eigenvalue weighted by molar-refractivity contribution is 6.10. The Morgan fingerprint density at radius 3 is 2.09 bits per heavy atom. The summed E-state index contributed by atoms with van der Waals surface area (Å²) < 4.78 is 48.8. The molecule has 33 heavy (non-hydrogen) atoms. The van der Waals surface area contributed by atoms with E-state index in [1.54, 1.807) is 14.0 Å². The molecular formula is C28H22F3NO. The Bertz CT molecular complexity index is 1500. The van der Waals surface area contributed by atoms with Gasteiger partial charge >= 0.3 is 6.18 Å². The van der Waals surface area contributed by atoms with Crippen molar-refractivity contribution < 1.29 is 17.9 Å². The molecule has 0 bridgehead atoms. The maximum atomic E-state index is 13.8. The molecule has 0 aliphatic heterocycles. The molecule has 5 heteroatoms. The van der Waals surface area contributed by atoms with Gasteiger partial charge in [-0.15, -0.1) is 0 Å². The lowest BCUT2D eigenvalue weighted by Gasteiger charge is -2.20. The smallest absolute Gasteiger partial charge is 0.416 e. The van der Waals surface area contributed by atoms with Crippen molar-refractivity contribution in [2.75, 3.05) is 7.11 Å². The van der Waals surface area contributed by atoms with Crippen molar-refractivity contribution >= 4 is 21.8 Å². The fourth-order valence-corrected chi connectivity index (χ4v) is 4.56. The largest absolute Gasteiger partial charge is 0.497 e. The van der Waals surface area contributed by atoms with Gasteiger partial charge in [0.2, 0.25) is 0 Å². The van der Waals surface area contributed by atoms with E-state index in [4.69, 9.17) is 4.74 Å². The summed E-state index contributed by atoms with van der Waals surface area (Å²) >= 11 is 0. The number of nitrogens with zero attached hydrogens (tertiary/aromatic N) is 1. The maximum Gasteiger partial charge on any atom is 0.416 e. The van der Waals surface area contributed by atoms with E-state index < -0.39 is 11.7 Å². The number of aromatic nitrogens is 1. The van der Waals surface area contributed by atoms with E-state index in [2.05, 4.69) is 10.6 Å². The molecule has 1 heterocycles. The summed E-state index contributed by atoms with van der Waals surface area (Å²) in [6, 6.07) is 23.7. The van der Waals surface area contributed by atoms with E-state index in [-0.39, 0.29) is 0 Å². The van der Waals surface area contributed by atoms with E-state index in [0.717, 1.165) is 44.4 Å². The highest BCUT2D eigenvalue weighted by Crippen LogP contribution is 2.42. The molecule has 0 atom stereocenters. The quantitative estimate of drug-likeness (QED) is 0.274. The van der Waals surface area contributed by atoms with Crippen molar-refractivity contribution in [1.29, 1.82) is 0 Å². The molecule has 0 aliphatic carbocycles. The Balaban J connectivity index is 1.94. The highest BCUT2D eigenvalue weighted by atomic mass is 19.4. The Labute approximate surface area is 189 Å².